The molecule has 0 amide bonds. The van der Waals surface area contributed by atoms with Crippen LogP contribution in [0.3, 0.4) is 0 Å². The first kappa shape index (κ1) is 14.0. The van der Waals surface area contributed by atoms with E-state index in [0.29, 0.717) is 6.04 Å². The largest absolute Gasteiger partial charge is 0.481 e. The number of hydrogen-bond acceptors (Lipinski definition) is 3. The van der Waals surface area contributed by atoms with E-state index in [9.17, 15) is 0 Å². The molecule has 1 N–H and O–H groups in total. The Labute approximate surface area is 104 Å². The molecule has 0 saturated carbocycles. The Balaban J connectivity index is 2.73. The molecule has 1 rings (SSSR count). The van der Waals surface area contributed by atoms with E-state index in [0.717, 1.165) is 30.5 Å². The first-order chi connectivity index (χ1) is 8.08. The molecule has 0 fully saturated rings. The van der Waals surface area contributed by atoms with E-state index in [2.05, 4.69) is 31.2 Å². The average Bonchev–Trinajstić information content (AvgIpc) is 2.65. The number of ether oxygens (including phenoxy) is 1. The highest BCUT2D eigenvalue weighted by atomic mass is 16.5. The van der Waals surface area contributed by atoms with Crippen molar-refractivity contribution in [2.75, 3.05) is 13.7 Å². The van der Waals surface area contributed by atoms with Crippen LogP contribution in [0.2, 0.25) is 0 Å². The van der Waals surface area contributed by atoms with Crippen molar-refractivity contribution >= 4 is 0 Å². The highest BCUT2D eigenvalue weighted by Crippen LogP contribution is 2.23. The third kappa shape index (κ3) is 4.04. The lowest BCUT2D eigenvalue weighted by atomic mass is 10.0. The molecule has 1 aromatic heterocycles. The van der Waals surface area contributed by atoms with Crippen molar-refractivity contribution in [1.82, 2.24) is 15.1 Å². The van der Waals surface area contributed by atoms with Gasteiger partial charge >= 0.3 is 0 Å². The molecule has 0 saturated heterocycles. The SMILES string of the molecule is CCNC(CCC(C)C)c1cc(OC)n(C)n1. The van der Waals surface area contributed by atoms with Crippen molar-refractivity contribution in [2.45, 2.75) is 39.7 Å². The smallest absolute Gasteiger partial charge is 0.211 e. The summed E-state index contributed by atoms with van der Waals surface area (Å²) in [5.74, 6) is 1.54. The monoisotopic (exact) mass is 239 g/mol. The van der Waals surface area contributed by atoms with E-state index < -0.39 is 0 Å². The molecular formula is C13H25N3O. The summed E-state index contributed by atoms with van der Waals surface area (Å²) in [5, 5.41) is 8.00. The molecule has 1 atom stereocenters. The van der Waals surface area contributed by atoms with Gasteiger partial charge in [-0.1, -0.05) is 20.8 Å². The van der Waals surface area contributed by atoms with Crippen LogP contribution in [0.4, 0.5) is 0 Å². The highest BCUT2D eigenvalue weighted by Gasteiger charge is 2.16. The molecule has 1 unspecified atom stereocenters. The molecule has 4 nitrogen and oxygen atoms in total. The van der Waals surface area contributed by atoms with Crippen LogP contribution < -0.4 is 10.1 Å². The third-order valence-electron chi connectivity index (χ3n) is 2.91. The topological polar surface area (TPSA) is 39.1 Å². The van der Waals surface area contributed by atoms with Crippen LogP contribution in [0.1, 0.15) is 45.3 Å². The maximum atomic E-state index is 5.25. The van der Waals surface area contributed by atoms with E-state index >= 15 is 0 Å². The van der Waals surface area contributed by atoms with E-state index in [1.165, 1.54) is 6.42 Å². The predicted octanol–water partition coefficient (Wildman–Crippen LogP) is 2.52. The second kappa shape index (κ2) is 6.64. The Kier molecular flexibility index (Phi) is 5.48. The third-order valence-corrected chi connectivity index (χ3v) is 2.91. The van der Waals surface area contributed by atoms with Crippen LogP contribution in [0.25, 0.3) is 0 Å². The fourth-order valence-corrected chi connectivity index (χ4v) is 1.93. The van der Waals surface area contributed by atoms with Crippen molar-refractivity contribution in [3.05, 3.63) is 11.8 Å². The molecule has 0 radical (unpaired) electrons. The molecule has 17 heavy (non-hydrogen) atoms. The minimum atomic E-state index is 0.331. The Morgan fingerprint density at radius 1 is 1.41 bits per heavy atom. The van der Waals surface area contributed by atoms with Gasteiger partial charge in [0.25, 0.3) is 0 Å². The first-order valence-electron chi connectivity index (χ1n) is 6.39. The summed E-state index contributed by atoms with van der Waals surface area (Å²) < 4.78 is 7.04. The summed E-state index contributed by atoms with van der Waals surface area (Å²) in [5.41, 5.74) is 1.08. The molecular weight excluding hydrogens is 214 g/mol. The number of hydrogen-bond donors (Lipinski definition) is 1. The van der Waals surface area contributed by atoms with Crippen molar-refractivity contribution in [3.63, 3.8) is 0 Å². The summed E-state index contributed by atoms with van der Waals surface area (Å²) >= 11 is 0. The van der Waals surface area contributed by atoms with E-state index in [1.807, 2.05) is 13.1 Å². The van der Waals surface area contributed by atoms with Gasteiger partial charge in [0, 0.05) is 13.1 Å². The Bertz CT molecular complexity index is 333. The fourth-order valence-electron chi connectivity index (χ4n) is 1.93. The van der Waals surface area contributed by atoms with E-state index in [1.54, 1.807) is 11.8 Å². The fraction of sp³-hybridized carbons (Fsp3) is 0.769. The second-order valence-electron chi connectivity index (χ2n) is 4.82. The Morgan fingerprint density at radius 3 is 2.59 bits per heavy atom. The van der Waals surface area contributed by atoms with Gasteiger partial charge in [0.1, 0.15) is 0 Å². The predicted molar refractivity (Wildman–Crippen MR) is 70.2 cm³/mol. The van der Waals surface area contributed by atoms with Crippen LogP contribution in [-0.2, 0) is 7.05 Å². The number of aryl methyl sites for hydroxylation is 1. The van der Waals surface area contributed by atoms with Gasteiger partial charge in [-0.2, -0.15) is 5.10 Å². The Morgan fingerprint density at radius 2 is 2.12 bits per heavy atom. The zero-order valence-electron chi connectivity index (χ0n) is 11.7. The summed E-state index contributed by atoms with van der Waals surface area (Å²) in [4.78, 5) is 0. The van der Waals surface area contributed by atoms with Crippen molar-refractivity contribution < 1.29 is 4.74 Å². The lowest BCUT2D eigenvalue weighted by Crippen LogP contribution is -2.22. The summed E-state index contributed by atoms with van der Waals surface area (Å²) in [6.07, 6.45) is 2.32. The van der Waals surface area contributed by atoms with Crippen LogP contribution in [-0.4, -0.2) is 23.4 Å². The zero-order chi connectivity index (χ0) is 12.8. The zero-order valence-corrected chi connectivity index (χ0v) is 11.7. The molecule has 0 aliphatic rings. The summed E-state index contributed by atoms with van der Waals surface area (Å²) in [7, 11) is 3.59. The minimum absolute atomic E-state index is 0.331. The van der Waals surface area contributed by atoms with Crippen LogP contribution in [0, 0.1) is 5.92 Å². The molecule has 0 bridgehead atoms. The summed E-state index contributed by atoms with van der Waals surface area (Å²) in [6, 6.07) is 2.35. The lowest BCUT2D eigenvalue weighted by Gasteiger charge is -2.16. The van der Waals surface area contributed by atoms with Crippen molar-refractivity contribution in [1.29, 1.82) is 0 Å². The normalized spacial score (nSPS) is 13.1. The summed E-state index contributed by atoms with van der Waals surface area (Å²) in [6.45, 7) is 7.59. The van der Waals surface area contributed by atoms with Gasteiger partial charge in [-0.3, -0.25) is 0 Å². The number of rotatable bonds is 7. The van der Waals surface area contributed by atoms with Gasteiger partial charge in [0.2, 0.25) is 5.88 Å². The maximum absolute atomic E-state index is 5.25. The van der Waals surface area contributed by atoms with Crippen molar-refractivity contribution in [2.24, 2.45) is 13.0 Å². The van der Waals surface area contributed by atoms with E-state index in [-0.39, 0.29) is 0 Å². The number of nitrogens with zero attached hydrogens (tertiary/aromatic N) is 2. The average molecular weight is 239 g/mol. The first-order valence-corrected chi connectivity index (χ1v) is 6.39. The highest BCUT2D eigenvalue weighted by molar-refractivity contribution is 5.18. The van der Waals surface area contributed by atoms with Gasteiger partial charge in [-0.25, -0.2) is 4.68 Å². The van der Waals surface area contributed by atoms with E-state index in [4.69, 9.17) is 4.74 Å². The molecule has 98 valence electrons. The minimum Gasteiger partial charge on any atom is -0.481 e. The molecule has 1 heterocycles. The van der Waals surface area contributed by atoms with Gasteiger partial charge < -0.3 is 10.1 Å². The van der Waals surface area contributed by atoms with Gasteiger partial charge in [-0.05, 0) is 25.3 Å². The quantitative estimate of drug-likeness (QED) is 0.794. The number of methoxy groups -OCH3 is 1. The van der Waals surface area contributed by atoms with Crippen LogP contribution >= 0.6 is 0 Å². The van der Waals surface area contributed by atoms with Crippen LogP contribution in [0.15, 0.2) is 6.07 Å². The standard InChI is InChI=1S/C13H25N3O/c1-6-14-11(8-7-10(2)3)12-9-13(17-5)16(4)15-12/h9-11,14H,6-8H2,1-5H3. The maximum Gasteiger partial charge on any atom is 0.211 e. The number of aromatic nitrogens is 2. The molecule has 4 heteroatoms. The van der Waals surface area contributed by atoms with Gasteiger partial charge in [0.05, 0.1) is 18.8 Å². The number of nitrogens with one attached hydrogen (secondary N) is 1. The molecule has 0 aliphatic heterocycles. The van der Waals surface area contributed by atoms with Gasteiger partial charge in [-0.15, -0.1) is 0 Å². The van der Waals surface area contributed by atoms with Crippen LogP contribution in [0.5, 0.6) is 5.88 Å². The molecule has 1 aromatic rings. The molecule has 0 spiro atoms. The van der Waals surface area contributed by atoms with Gasteiger partial charge in [0.15, 0.2) is 0 Å². The molecule has 0 aliphatic carbocycles. The lowest BCUT2D eigenvalue weighted by molar-refractivity contribution is 0.373. The second-order valence-corrected chi connectivity index (χ2v) is 4.82. The molecule has 0 aromatic carbocycles. The Hall–Kier alpha value is -1.03. The van der Waals surface area contributed by atoms with Crippen molar-refractivity contribution in [3.8, 4) is 5.88 Å².